The van der Waals surface area contributed by atoms with E-state index in [0.29, 0.717) is 30.1 Å². The highest BCUT2D eigenvalue weighted by atomic mass is 35.5. The molecule has 1 aromatic heterocycles. The molecule has 0 aromatic carbocycles. The van der Waals surface area contributed by atoms with E-state index in [-0.39, 0.29) is 24.3 Å². The van der Waals surface area contributed by atoms with E-state index in [1.807, 2.05) is 6.92 Å². The monoisotopic (exact) mass is 490 g/mol. The number of hydrogen-bond acceptors (Lipinski definition) is 7. The zero-order valence-electron chi connectivity index (χ0n) is 18.8. The van der Waals surface area contributed by atoms with Crippen molar-refractivity contribution >= 4 is 41.6 Å². The summed E-state index contributed by atoms with van der Waals surface area (Å²) in [5.41, 5.74) is 4.04. The van der Waals surface area contributed by atoms with Crippen molar-refractivity contribution in [1.29, 1.82) is 0 Å². The van der Waals surface area contributed by atoms with Gasteiger partial charge in [-0.25, -0.2) is 4.79 Å². The quantitative estimate of drug-likeness (QED) is 0.515. The smallest absolute Gasteiger partial charge is 0.329 e. The van der Waals surface area contributed by atoms with Crippen molar-refractivity contribution in [3.05, 3.63) is 16.3 Å². The van der Waals surface area contributed by atoms with Crippen molar-refractivity contribution in [2.75, 3.05) is 13.7 Å². The third-order valence-electron chi connectivity index (χ3n) is 5.94. The first-order valence-electron chi connectivity index (χ1n) is 10.9. The van der Waals surface area contributed by atoms with Gasteiger partial charge < -0.3 is 25.6 Å². The van der Waals surface area contributed by atoms with Crippen LogP contribution in [0, 0.1) is 0 Å². The zero-order chi connectivity index (χ0) is 22.9. The van der Waals surface area contributed by atoms with E-state index in [1.165, 1.54) is 24.9 Å². The molecule has 0 atom stereocenters. The molecule has 1 aromatic rings. The van der Waals surface area contributed by atoms with Gasteiger partial charge in [0.25, 0.3) is 5.91 Å². The number of aliphatic carboxylic acids is 1. The zero-order valence-corrected chi connectivity index (χ0v) is 20.4. The van der Waals surface area contributed by atoms with Gasteiger partial charge in [-0.05, 0) is 44.1 Å². The van der Waals surface area contributed by atoms with Crippen LogP contribution in [0.1, 0.15) is 80.8 Å². The van der Waals surface area contributed by atoms with Gasteiger partial charge in [0.05, 0.1) is 13.7 Å². The molecule has 182 valence electrons. The van der Waals surface area contributed by atoms with Crippen molar-refractivity contribution in [3.8, 4) is 5.75 Å². The number of carbonyl (C=O) groups excluding carboxylic acids is 2. The number of rotatable bonds is 6. The SMILES string of the molecule is CCOc1ccsc1C(=O)NC1(C(=O)O)CCCCC1.COC(=O)C1(N)CCCCC1.Cl. The number of halogens is 1. The maximum Gasteiger partial charge on any atom is 0.329 e. The van der Waals surface area contributed by atoms with E-state index < -0.39 is 17.0 Å². The fraction of sp³-hybridized carbons (Fsp3) is 0.682. The van der Waals surface area contributed by atoms with Crippen LogP contribution in [0.4, 0.5) is 0 Å². The molecule has 4 N–H and O–H groups in total. The summed E-state index contributed by atoms with van der Waals surface area (Å²) >= 11 is 1.27. The largest absolute Gasteiger partial charge is 0.492 e. The molecule has 10 heteroatoms. The van der Waals surface area contributed by atoms with Gasteiger partial charge in [-0.2, -0.15) is 0 Å². The van der Waals surface area contributed by atoms with Crippen molar-refractivity contribution < 1.29 is 29.0 Å². The van der Waals surface area contributed by atoms with Crippen molar-refractivity contribution in [1.82, 2.24) is 5.32 Å². The number of thiophene rings is 1. The fourth-order valence-electron chi connectivity index (χ4n) is 4.14. The molecular formula is C22H35ClN2O6S. The molecule has 0 saturated heterocycles. The Labute approximate surface area is 199 Å². The molecule has 0 unspecified atom stereocenters. The molecule has 0 bridgehead atoms. The summed E-state index contributed by atoms with van der Waals surface area (Å²) in [6.07, 6.45) is 8.50. The minimum absolute atomic E-state index is 0. The standard InChI is InChI=1S/C14H19NO4S.C8H15NO2.ClH/c1-2-19-10-6-9-20-11(10)12(16)15-14(13(17)18)7-4-3-5-8-14;1-11-7(10)8(9)5-3-2-4-6-8;/h6,9H,2-5,7-8H2,1H3,(H,15,16)(H,17,18);2-6,9H2,1H3;1H. The van der Waals surface area contributed by atoms with Gasteiger partial charge in [0.2, 0.25) is 0 Å². The third-order valence-corrected chi connectivity index (χ3v) is 6.84. The first kappa shape index (κ1) is 28.2. The highest BCUT2D eigenvalue weighted by Gasteiger charge is 2.41. The Bertz CT molecular complexity index is 757. The van der Waals surface area contributed by atoms with E-state index >= 15 is 0 Å². The lowest BCUT2D eigenvalue weighted by Gasteiger charge is -2.33. The van der Waals surface area contributed by atoms with E-state index in [9.17, 15) is 19.5 Å². The molecule has 0 radical (unpaired) electrons. The predicted molar refractivity (Wildman–Crippen MR) is 126 cm³/mol. The van der Waals surface area contributed by atoms with Crippen LogP contribution < -0.4 is 15.8 Å². The lowest BCUT2D eigenvalue weighted by atomic mass is 9.81. The number of carboxylic acid groups (broad SMARTS) is 1. The van der Waals surface area contributed by atoms with Crippen molar-refractivity contribution in [2.24, 2.45) is 5.73 Å². The van der Waals surface area contributed by atoms with Gasteiger partial charge in [0.15, 0.2) is 0 Å². The number of amides is 1. The van der Waals surface area contributed by atoms with Gasteiger partial charge >= 0.3 is 11.9 Å². The molecule has 32 heavy (non-hydrogen) atoms. The lowest BCUT2D eigenvalue weighted by molar-refractivity contribution is -0.148. The van der Waals surface area contributed by atoms with E-state index in [2.05, 4.69) is 10.1 Å². The molecule has 8 nitrogen and oxygen atoms in total. The Morgan fingerprint density at radius 2 is 1.66 bits per heavy atom. The lowest BCUT2D eigenvalue weighted by Crippen LogP contribution is -2.55. The van der Waals surface area contributed by atoms with Crippen LogP contribution in [0.5, 0.6) is 5.75 Å². The fourth-order valence-corrected chi connectivity index (χ4v) is 4.87. The number of nitrogens with one attached hydrogen (secondary N) is 1. The van der Waals surface area contributed by atoms with Gasteiger partial charge in [0, 0.05) is 0 Å². The Balaban J connectivity index is 0.000000364. The summed E-state index contributed by atoms with van der Waals surface area (Å²) < 4.78 is 10.0. The van der Waals surface area contributed by atoms with Crippen molar-refractivity contribution in [2.45, 2.75) is 82.2 Å². The van der Waals surface area contributed by atoms with Gasteiger partial charge in [0.1, 0.15) is 21.7 Å². The summed E-state index contributed by atoms with van der Waals surface area (Å²) in [7, 11) is 1.39. The molecule has 0 spiro atoms. The molecular weight excluding hydrogens is 456 g/mol. The Morgan fingerprint density at radius 3 is 2.16 bits per heavy atom. The van der Waals surface area contributed by atoms with Crippen LogP contribution in [0.25, 0.3) is 0 Å². The minimum Gasteiger partial charge on any atom is -0.492 e. The van der Waals surface area contributed by atoms with Crippen LogP contribution in [0.2, 0.25) is 0 Å². The molecule has 3 rings (SSSR count). The summed E-state index contributed by atoms with van der Waals surface area (Å²) in [6, 6.07) is 1.73. The number of carboxylic acids is 1. The van der Waals surface area contributed by atoms with Crippen LogP contribution in [-0.4, -0.2) is 47.7 Å². The average molecular weight is 491 g/mol. The maximum atomic E-state index is 12.3. The molecule has 2 fully saturated rings. The highest BCUT2D eigenvalue weighted by Crippen LogP contribution is 2.31. The summed E-state index contributed by atoms with van der Waals surface area (Å²) in [5, 5.41) is 14.0. The number of carbonyl (C=O) groups is 3. The Kier molecular flexibility index (Phi) is 11.5. The average Bonchev–Trinajstić information content (AvgIpc) is 3.23. The van der Waals surface area contributed by atoms with Gasteiger partial charge in [-0.15, -0.1) is 23.7 Å². The first-order valence-corrected chi connectivity index (χ1v) is 11.8. The molecule has 1 amide bonds. The highest BCUT2D eigenvalue weighted by molar-refractivity contribution is 7.12. The molecule has 1 heterocycles. The topological polar surface area (TPSA) is 128 Å². The normalized spacial score (nSPS) is 18.7. The number of methoxy groups -OCH3 is 1. The predicted octanol–water partition coefficient (Wildman–Crippen LogP) is 3.91. The summed E-state index contributed by atoms with van der Waals surface area (Å²) in [6.45, 7) is 2.32. The number of ether oxygens (including phenoxy) is 2. The number of esters is 1. The summed E-state index contributed by atoms with van der Waals surface area (Å²) in [4.78, 5) is 35.5. The van der Waals surface area contributed by atoms with Crippen LogP contribution in [0.3, 0.4) is 0 Å². The second-order valence-electron chi connectivity index (χ2n) is 8.16. The van der Waals surface area contributed by atoms with E-state index in [0.717, 1.165) is 44.9 Å². The Hall–Kier alpha value is -1.84. The van der Waals surface area contributed by atoms with Gasteiger partial charge in [-0.3, -0.25) is 9.59 Å². The van der Waals surface area contributed by atoms with Crippen LogP contribution in [-0.2, 0) is 14.3 Å². The summed E-state index contributed by atoms with van der Waals surface area (Å²) in [5.74, 6) is -1.03. The second-order valence-corrected chi connectivity index (χ2v) is 9.07. The number of hydrogen-bond donors (Lipinski definition) is 3. The van der Waals surface area contributed by atoms with Gasteiger partial charge in [-0.1, -0.05) is 38.5 Å². The third kappa shape index (κ3) is 7.08. The molecule has 2 aliphatic carbocycles. The van der Waals surface area contributed by atoms with Crippen LogP contribution >= 0.6 is 23.7 Å². The van der Waals surface area contributed by atoms with Crippen LogP contribution in [0.15, 0.2) is 11.4 Å². The molecule has 2 aliphatic rings. The van der Waals surface area contributed by atoms with E-state index in [1.54, 1.807) is 11.4 Å². The van der Waals surface area contributed by atoms with Crippen molar-refractivity contribution in [3.63, 3.8) is 0 Å². The van der Waals surface area contributed by atoms with E-state index in [4.69, 9.17) is 10.5 Å². The Morgan fingerprint density at radius 1 is 1.09 bits per heavy atom. The number of nitrogens with two attached hydrogens (primary N) is 1. The molecule has 0 aliphatic heterocycles. The first-order chi connectivity index (χ1) is 14.8. The maximum absolute atomic E-state index is 12.3. The minimum atomic E-state index is -1.12. The second kappa shape index (κ2) is 13.0. The molecule has 2 saturated carbocycles.